The van der Waals surface area contributed by atoms with E-state index in [-0.39, 0.29) is 5.43 Å². The van der Waals surface area contributed by atoms with Crippen molar-refractivity contribution in [1.29, 1.82) is 0 Å². The lowest BCUT2D eigenvalue weighted by Gasteiger charge is -1.97. The predicted octanol–water partition coefficient (Wildman–Crippen LogP) is 1.44. The van der Waals surface area contributed by atoms with Crippen molar-refractivity contribution in [2.75, 3.05) is 0 Å². The summed E-state index contributed by atoms with van der Waals surface area (Å²) in [5.41, 5.74) is 1.49. The maximum atomic E-state index is 11.3. The molecule has 13 heavy (non-hydrogen) atoms. The van der Waals surface area contributed by atoms with Gasteiger partial charge in [-0.15, -0.1) is 0 Å². The van der Waals surface area contributed by atoms with Crippen molar-refractivity contribution >= 4 is 0 Å². The molecular weight excluding hydrogens is 164 g/mol. The number of aromatic nitrogens is 2. The Bertz CT molecular complexity index is 448. The Morgan fingerprint density at radius 1 is 1.15 bits per heavy atom. The number of benzene rings is 1. The number of H-pyrrole nitrogens is 1. The van der Waals surface area contributed by atoms with Crippen LogP contribution in [0.5, 0.6) is 0 Å². The van der Waals surface area contributed by atoms with Crippen molar-refractivity contribution in [3.8, 4) is 11.1 Å². The molecule has 0 radical (unpaired) electrons. The van der Waals surface area contributed by atoms with Gasteiger partial charge in [-0.25, -0.2) is 0 Å². The molecule has 1 heterocycles. The number of nitrogens with zero attached hydrogens (tertiary/aromatic N) is 1. The summed E-state index contributed by atoms with van der Waals surface area (Å²) in [6.45, 7) is 0. The van der Waals surface area contributed by atoms with Crippen molar-refractivity contribution in [2.24, 2.45) is 0 Å². The Hall–Kier alpha value is -1.90. The fourth-order valence-corrected chi connectivity index (χ4v) is 1.18. The highest BCUT2D eigenvalue weighted by Crippen LogP contribution is 2.11. The molecule has 0 aliphatic carbocycles. The van der Waals surface area contributed by atoms with Gasteiger partial charge in [0.15, 0.2) is 0 Å². The summed E-state index contributed by atoms with van der Waals surface area (Å²) < 4.78 is 0. The molecule has 0 atom stereocenters. The fourth-order valence-electron chi connectivity index (χ4n) is 1.18. The first-order valence-corrected chi connectivity index (χ1v) is 3.96. The van der Waals surface area contributed by atoms with E-state index in [1.807, 2.05) is 30.3 Å². The van der Waals surface area contributed by atoms with E-state index in [0.29, 0.717) is 5.56 Å². The topological polar surface area (TPSA) is 45.8 Å². The first-order chi connectivity index (χ1) is 6.38. The van der Waals surface area contributed by atoms with Gasteiger partial charge in [0.05, 0.1) is 6.20 Å². The molecular formula is C10H8N2O. The average molecular weight is 172 g/mol. The molecule has 2 rings (SSSR count). The van der Waals surface area contributed by atoms with Crippen LogP contribution in [0, 0.1) is 0 Å². The zero-order valence-electron chi connectivity index (χ0n) is 6.90. The second-order valence-corrected chi connectivity index (χ2v) is 2.68. The largest absolute Gasteiger partial charge is 0.287 e. The Kier molecular flexibility index (Phi) is 1.92. The zero-order valence-corrected chi connectivity index (χ0v) is 6.90. The van der Waals surface area contributed by atoms with E-state index in [4.69, 9.17) is 0 Å². The Balaban J connectivity index is 2.60. The second kappa shape index (κ2) is 3.23. The van der Waals surface area contributed by atoms with Gasteiger partial charge < -0.3 is 0 Å². The van der Waals surface area contributed by atoms with E-state index in [2.05, 4.69) is 10.2 Å². The fraction of sp³-hybridized carbons (Fsp3) is 0. The highest BCUT2D eigenvalue weighted by Gasteiger charge is 1.99. The van der Waals surface area contributed by atoms with E-state index in [1.165, 1.54) is 6.20 Å². The van der Waals surface area contributed by atoms with Crippen LogP contribution in [0.3, 0.4) is 0 Å². The lowest BCUT2D eigenvalue weighted by molar-refractivity contribution is 1.02. The molecule has 3 heteroatoms. The van der Waals surface area contributed by atoms with Gasteiger partial charge in [-0.2, -0.15) is 5.10 Å². The van der Waals surface area contributed by atoms with Gasteiger partial charge in [0.2, 0.25) is 5.43 Å². The van der Waals surface area contributed by atoms with Gasteiger partial charge in [-0.1, -0.05) is 30.3 Å². The predicted molar refractivity (Wildman–Crippen MR) is 50.3 cm³/mol. The molecule has 0 aliphatic heterocycles. The molecule has 3 nitrogen and oxygen atoms in total. The molecule has 64 valence electrons. The van der Waals surface area contributed by atoms with Crippen LogP contribution in [0.1, 0.15) is 0 Å². The van der Waals surface area contributed by atoms with Crippen LogP contribution >= 0.6 is 0 Å². The maximum absolute atomic E-state index is 11.3. The van der Waals surface area contributed by atoms with E-state index in [0.717, 1.165) is 5.56 Å². The van der Waals surface area contributed by atoms with Crippen molar-refractivity contribution in [1.82, 2.24) is 10.2 Å². The number of rotatable bonds is 1. The number of nitrogens with one attached hydrogen (secondary N) is 1. The SMILES string of the molecule is O=c1cn[nH]cc1-c1ccccc1. The maximum Gasteiger partial charge on any atom is 0.207 e. The van der Waals surface area contributed by atoms with Crippen molar-refractivity contribution in [3.05, 3.63) is 52.9 Å². The van der Waals surface area contributed by atoms with Gasteiger partial charge in [0, 0.05) is 11.8 Å². The third-order valence-electron chi connectivity index (χ3n) is 1.82. The minimum Gasteiger partial charge on any atom is -0.287 e. The molecule has 1 aromatic carbocycles. The molecule has 2 aromatic rings. The molecule has 1 N–H and O–H groups in total. The summed E-state index contributed by atoms with van der Waals surface area (Å²) in [4.78, 5) is 11.3. The molecule has 0 amide bonds. The zero-order chi connectivity index (χ0) is 9.10. The first-order valence-electron chi connectivity index (χ1n) is 3.96. The molecule has 1 aromatic heterocycles. The van der Waals surface area contributed by atoms with Crippen molar-refractivity contribution in [3.63, 3.8) is 0 Å². The highest BCUT2D eigenvalue weighted by molar-refractivity contribution is 5.61. The van der Waals surface area contributed by atoms with E-state index < -0.39 is 0 Å². The van der Waals surface area contributed by atoms with Crippen LogP contribution in [0.25, 0.3) is 11.1 Å². The lowest BCUT2D eigenvalue weighted by Crippen LogP contribution is -2.04. The van der Waals surface area contributed by atoms with Crippen molar-refractivity contribution < 1.29 is 0 Å². The molecule has 0 fully saturated rings. The Labute approximate surface area is 75.1 Å². The monoisotopic (exact) mass is 172 g/mol. The summed E-state index contributed by atoms with van der Waals surface area (Å²) in [7, 11) is 0. The van der Waals surface area contributed by atoms with Gasteiger partial charge in [-0.3, -0.25) is 9.89 Å². The Morgan fingerprint density at radius 3 is 2.62 bits per heavy atom. The van der Waals surface area contributed by atoms with Gasteiger partial charge in [-0.05, 0) is 5.56 Å². The van der Waals surface area contributed by atoms with Crippen LogP contribution in [0.15, 0.2) is 47.5 Å². The van der Waals surface area contributed by atoms with Crippen LogP contribution in [-0.4, -0.2) is 10.2 Å². The first kappa shape index (κ1) is 7.73. The quantitative estimate of drug-likeness (QED) is 0.707. The summed E-state index contributed by atoms with van der Waals surface area (Å²) >= 11 is 0. The van der Waals surface area contributed by atoms with Gasteiger partial charge in [0.1, 0.15) is 0 Å². The summed E-state index contributed by atoms with van der Waals surface area (Å²) in [5, 5.41) is 6.28. The molecule has 0 saturated carbocycles. The highest BCUT2D eigenvalue weighted by atomic mass is 16.1. The second-order valence-electron chi connectivity index (χ2n) is 2.68. The number of aromatic amines is 1. The van der Waals surface area contributed by atoms with E-state index >= 15 is 0 Å². The van der Waals surface area contributed by atoms with E-state index in [1.54, 1.807) is 6.20 Å². The van der Waals surface area contributed by atoms with Crippen LogP contribution < -0.4 is 5.43 Å². The van der Waals surface area contributed by atoms with Crippen LogP contribution in [0.4, 0.5) is 0 Å². The third kappa shape index (κ3) is 1.49. The Morgan fingerprint density at radius 2 is 1.92 bits per heavy atom. The minimum atomic E-state index is -0.0649. The van der Waals surface area contributed by atoms with E-state index in [9.17, 15) is 4.79 Å². The number of hydrogen-bond donors (Lipinski definition) is 1. The molecule has 0 bridgehead atoms. The normalized spacial score (nSPS) is 9.85. The van der Waals surface area contributed by atoms with Crippen molar-refractivity contribution in [2.45, 2.75) is 0 Å². The van der Waals surface area contributed by atoms with Crippen LogP contribution in [-0.2, 0) is 0 Å². The minimum absolute atomic E-state index is 0.0649. The van der Waals surface area contributed by atoms with Gasteiger partial charge >= 0.3 is 0 Å². The van der Waals surface area contributed by atoms with Crippen LogP contribution in [0.2, 0.25) is 0 Å². The molecule has 0 spiro atoms. The molecule has 0 unspecified atom stereocenters. The van der Waals surface area contributed by atoms with Gasteiger partial charge in [0.25, 0.3) is 0 Å². The lowest BCUT2D eigenvalue weighted by atomic mass is 10.1. The third-order valence-corrected chi connectivity index (χ3v) is 1.82. The summed E-state index contributed by atoms with van der Waals surface area (Å²) in [6.07, 6.45) is 2.89. The number of hydrogen-bond acceptors (Lipinski definition) is 2. The molecule has 0 saturated heterocycles. The average Bonchev–Trinajstić information content (AvgIpc) is 2.20. The molecule has 0 aliphatic rings. The standard InChI is InChI=1S/C10H8N2O/c13-10-7-12-11-6-9(10)8-4-2-1-3-5-8/h1-7H,(H,11,13). The summed E-state index contributed by atoms with van der Waals surface area (Å²) in [6, 6.07) is 9.50. The smallest absolute Gasteiger partial charge is 0.207 e. The summed E-state index contributed by atoms with van der Waals surface area (Å²) in [5.74, 6) is 0.